The molecular weight excluding hydrogens is 364 g/mol. The predicted molar refractivity (Wildman–Crippen MR) is 113 cm³/mol. The molecule has 4 rings (SSSR count). The maximum absolute atomic E-state index is 13.4. The van der Waals surface area contributed by atoms with Crippen LogP contribution in [0.1, 0.15) is 50.5 Å². The Balaban J connectivity index is 1.62. The van der Waals surface area contributed by atoms with Crippen molar-refractivity contribution < 1.29 is 14.1 Å². The SMILES string of the molecule is Cc1ccc2c(c1)CCCN2C(=O)c1noc(C)c1COc1c(C)cccc1C. The quantitative estimate of drug-likeness (QED) is 0.623. The van der Waals surface area contributed by atoms with Crippen molar-refractivity contribution in [3.8, 4) is 5.75 Å². The number of rotatable bonds is 4. The number of hydrogen-bond acceptors (Lipinski definition) is 4. The van der Waals surface area contributed by atoms with E-state index in [1.165, 1.54) is 11.1 Å². The molecule has 3 aromatic rings. The average Bonchev–Trinajstić information content (AvgIpc) is 3.07. The van der Waals surface area contributed by atoms with Crippen LogP contribution in [0.15, 0.2) is 40.9 Å². The van der Waals surface area contributed by atoms with E-state index in [2.05, 4.69) is 18.1 Å². The number of carbonyl (C=O) groups is 1. The van der Waals surface area contributed by atoms with E-state index < -0.39 is 0 Å². The number of hydrogen-bond donors (Lipinski definition) is 0. The summed E-state index contributed by atoms with van der Waals surface area (Å²) in [7, 11) is 0. The third kappa shape index (κ3) is 3.65. The Bertz CT molecular complexity index is 1050. The van der Waals surface area contributed by atoms with Gasteiger partial charge in [0.1, 0.15) is 18.1 Å². The number of carbonyl (C=O) groups excluding carboxylic acids is 1. The molecule has 2 aromatic carbocycles. The van der Waals surface area contributed by atoms with E-state index in [-0.39, 0.29) is 12.5 Å². The molecule has 1 amide bonds. The summed E-state index contributed by atoms with van der Waals surface area (Å²) in [5.74, 6) is 1.32. The van der Waals surface area contributed by atoms with Crippen LogP contribution >= 0.6 is 0 Å². The van der Waals surface area contributed by atoms with Crippen molar-refractivity contribution in [1.82, 2.24) is 5.16 Å². The van der Waals surface area contributed by atoms with Gasteiger partial charge in [0.25, 0.3) is 5.91 Å². The summed E-state index contributed by atoms with van der Waals surface area (Å²) < 4.78 is 11.5. The van der Waals surface area contributed by atoms with Gasteiger partial charge < -0.3 is 14.2 Å². The smallest absolute Gasteiger partial charge is 0.280 e. The molecule has 0 bridgehead atoms. The van der Waals surface area contributed by atoms with E-state index in [1.807, 2.05) is 56.0 Å². The maximum Gasteiger partial charge on any atom is 0.280 e. The van der Waals surface area contributed by atoms with Crippen LogP contribution in [0.25, 0.3) is 0 Å². The highest BCUT2D eigenvalue weighted by molar-refractivity contribution is 6.06. The molecule has 2 heterocycles. The molecule has 1 aliphatic rings. The molecule has 29 heavy (non-hydrogen) atoms. The van der Waals surface area contributed by atoms with Crippen molar-refractivity contribution in [2.75, 3.05) is 11.4 Å². The molecule has 150 valence electrons. The minimum atomic E-state index is -0.133. The van der Waals surface area contributed by atoms with Crippen LogP contribution in [-0.4, -0.2) is 17.6 Å². The van der Waals surface area contributed by atoms with Crippen molar-refractivity contribution in [1.29, 1.82) is 0 Å². The molecule has 0 radical (unpaired) electrons. The lowest BCUT2D eigenvalue weighted by atomic mass is 9.99. The first-order chi connectivity index (χ1) is 14.0. The van der Waals surface area contributed by atoms with Gasteiger partial charge in [0.05, 0.1) is 5.56 Å². The summed E-state index contributed by atoms with van der Waals surface area (Å²) in [5.41, 5.74) is 6.55. The van der Waals surface area contributed by atoms with Crippen molar-refractivity contribution in [3.05, 3.63) is 75.7 Å². The summed E-state index contributed by atoms with van der Waals surface area (Å²) in [6, 6.07) is 12.3. The Morgan fingerprint density at radius 3 is 2.66 bits per heavy atom. The van der Waals surface area contributed by atoms with Gasteiger partial charge in [-0.25, -0.2) is 0 Å². The van der Waals surface area contributed by atoms with E-state index in [9.17, 15) is 4.79 Å². The highest BCUT2D eigenvalue weighted by atomic mass is 16.5. The lowest BCUT2D eigenvalue weighted by Crippen LogP contribution is -2.36. The molecule has 0 aliphatic carbocycles. The number of fused-ring (bicyclic) bond motifs is 1. The number of nitrogens with zero attached hydrogens (tertiary/aromatic N) is 2. The average molecular weight is 390 g/mol. The Morgan fingerprint density at radius 1 is 1.14 bits per heavy atom. The van der Waals surface area contributed by atoms with Crippen molar-refractivity contribution in [2.24, 2.45) is 0 Å². The Kier molecular flexibility index (Phi) is 5.14. The van der Waals surface area contributed by atoms with Gasteiger partial charge in [-0.15, -0.1) is 0 Å². The largest absolute Gasteiger partial charge is 0.488 e. The molecule has 0 atom stereocenters. The van der Waals surface area contributed by atoms with Gasteiger partial charge >= 0.3 is 0 Å². The Labute approximate surface area is 171 Å². The number of amides is 1. The van der Waals surface area contributed by atoms with Crippen LogP contribution < -0.4 is 9.64 Å². The summed E-state index contributed by atoms with van der Waals surface area (Å²) in [6.45, 7) is 8.85. The highest BCUT2D eigenvalue weighted by Crippen LogP contribution is 2.31. The molecule has 5 heteroatoms. The number of para-hydroxylation sites is 1. The number of benzene rings is 2. The fraction of sp³-hybridized carbons (Fsp3) is 0.333. The maximum atomic E-state index is 13.4. The lowest BCUT2D eigenvalue weighted by molar-refractivity contribution is 0.0974. The van der Waals surface area contributed by atoms with Crippen LogP contribution in [0.4, 0.5) is 5.69 Å². The highest BCUT2D eigenvalue weighted by Gasteiger charge is 2.29. The van der Waals surface area contributed by atoms with Gasteiger partial charge in [-0.1, -0.05) is 41.1 Å². The third-order valence-corrected chi connectivity index (χ3v) is 5.56. The van der Waals surface area contributed by atoms with Crippen LogP contribution in [0.2, 0.25) is 0 Å². The van der Waals surface area contributed by atoms with Gasteiger partial charge in [-0.2, -0.15) is 0 Å². The van der Waals surface area contributed by atoms with Gasteiger partial charge in [0.2, 0.25) is 0 Å². The van der Waals surface area contributed by atoms with Crippen LogP contribution in [0, 0.1) is 27.7 Å². The predicted octanol–water partition coefficient (Wildman–Crippen LogP) is 5.08. The normalized spacial score (nSPS) is 13.3. The minimum absolute atomic E-state index is 0.133. The van der Waals surface area contributed by atoms with Gasteiger partial charge in [0.15, 0.2) is 5.69 Å². The molecule has 1 aromatic heterocycles. The second-order valence-electron chi connectivity index (χ2n) is 7.77. The van der Waals surface area contributed by atoms with E-state index in [0.717, 1.165) is 35.4 Å². The molecule has 0 fully saturated rings. The number of aromatic nitrogens is 1. The fourth-order valence-electron chi connectivity index (χ4n) is 3.97. The monoisotopic (exact) mass is 390 g/mol. The molecule has 0 saturated heterocycles. The van der Waals surface area contributed by atoms with Crippen molar-refractivity contribution in [2.45, 2.75) is 47.1 Å². The molecule has 1 aliphatic heterocycles. The van der Waals surface area contributed by atoms with Crippen LogP contribution in [-0.2, 0) is 13.0 Å². The first-order valence-electron chi connectivity index (χ1n) is 10.0. The molecule has 0 unspecified atom stereocenters. The number of ether oxygens (including phenoxy) is 1. The summed E-state index contributed by atoms with van der Waals surface area (Å²) in [6.07, 6.45) is 1.93. The Hall–Kier alpha value is -3.08. The number of aryl methyl sites for hydroxylation is 5. The van der Waals surface area contributed by atoms with E-state index in [4.69, 9.17) is 9.26 Å². The third-order valence-electron chi connectivity index (χ3n) is 5.56. The molecule has 0 spiro atoms. The first-order valence-corrected chi connectivity index (χ1v) is 10.0. The fourth-order valence-corrected chi connectivity index (χ4v) is 3.97. The van der Waals surface area contributed by atoms with Crippen LogP contribution in [0.5, 0.6) is 5.75 Å². The van der Waals surface area contributed by atoms with Gasteiger partial charge in [0, 0.05) is 12.2 Å². The van der Waals surface area contributed by atoms with Gasteiger partial charge in [-0.3, -0.25) is 4.79 Å². The Morgan fingerprint density at radius 2 is 1.90 bits per heavy atom. The zero-order valence-electron chi connectivity index (χ0n) is 17.4. The molecular formula is C24H26N2O3. The van der Waals surface area contributed by atoms with Crippen molar-refractivity contribution >= 4 is 11.6 Å². The summed E-state index contributed by atoms with van der Waals surface area (Å²) >= 11 is 0. The molecule has 5 nitrogen and oxygen atoms in total. The topological polar surface area (TPSA) is 55.6 Å². The van der Waals surface area contributed by atoms with Crippen molar-refractivity contribution in [3.63, 3.8) is 0 Å². The second-order valence-corrected chi connectivity index (χ2v) is 7.77. The molecule has 0 saturated carbocycles. The zero-order valence-corrected chi connectivity index (χ0v) is 17.4. The van der Waals surface area contributed by atoms with E-state index >= 15 is 0 Å². The van der Waals surface area contributed by atoms with E-state index in [1.54, 1.807) is 0 Å². The van der Waals surface area contributed by atoms with Crippen LogP contribution in [0.3, 0.4) is 0 Å². The molecule has 0 N–H and O–H groups in total. The van der Waals surface area contributed by atoms with E-state index in [0.29, 0.717) is 23.6 Å². The first kappa shape index (κ1) is 19.2. The zero-order chi connectivity index (χ0) is 20.5. The minimum Gasteiger partial charge on any atom is -0.488 e. The standard InChI is InChI=1S/C24H26N2O3/c1-15-10-11-21-19(13-15)9-6-12-26(21)24(27)22-20(18(4)29-25-22)14-28-23-16(2)7-5-8-17(23)3/h5,7-8,10-11,13H,6,9,12,14H2,1-4H3. The lowest BCUT2D eigenvalue weighted by Gasteiger charge is -2.29. The second kappa shape index (κ2) is 7.74. The van der Waals surface area contributed by atoms with Gasteiger partial charge in [-0.05, 0) is 63.3 Å². The summed E-state index contributed by atoms with van der Waals surface area (Å²) in [5, 5.41) is 4.09. The number of anilines is 1. The summed E-state index contributed by atoms with van der Waals surface area (Å²) in [4.78, 5) is 15.2.